The van der Waals surface area contributed by atoms with Gasteiger partial charge in [0.2, 0.25) is 5.88 Å². The van der Waals surface area contributed by atoms with Crippen LogP contribution in [-0.4, -0.2) is 40.0 Å². The molecule has 0 radical (unpaired) electrons. The van der Waals surface area contributed by atoms with Crippen LogP contribution in [0.1, 0.15) is 52.1 Å². The second kappa shape index (κ2) is 11.7. The zero-order chi connectivity index (χ0) is 20.3. The number of azide groups is 1. The highest BCUT2D eigenvalue weighted by Crippen LogP contribution is 2.23. The highest BCUT2D eigenvalue weighted by atomic mass is 32.2. The molecular formula is C17H27N5O4S. The number of aromatic nitrogens is 1. The Bertz CT molecular complexity index is 629. The Morgan fingerprint density at radius 3 is 2.78 bits per heavy atom. The van der Waals surface area contributed by atoms with E-state index in [1.165, 1.54) is 0 Å². The zero-order valence-electron chi connectivity index (χ0n) is 16.2. The van der Waals surface area contributed by atoms with Gasteiger partial charge in [0, 0.05) is 35.1 Å². The number of hydrogen-bond donors (Lipinski definition) is 1. The predicted octanol–water partition coefficient (Wildman–Crippen LogP) is 3.21. The van der Waals surface area contributed by atoms with E-state index in [0.717, 1.165) is 0 Å². The van der Waals surface area contributed by atoms with Crippen molar-refractivity contribution in [1.82, 2.24) is 9.71 Å². The summed E-state index contributed by atoms with van der Waals surface area (Å²) < 4.78 is 25.5. The standard InChI is InChI=1S/C17H27N5O4S/c1-5-25-16(23)11-14(21-27(24)17(2,3)4)13-7-8-15(19-12-13)26-10-6-9-20-22-18/h7-8,12,14,21H,5-6,9-11H2,1-4H3/t14-,27+/m0/s1. The van der Waals surface area contributed by atoms with Gasteiger partial charge in [0.25, 0.3) is 0 Å². The average Bonchev–Trinajstić information content (AvgIpc) is 2.61. The Morgan fingerprint density at radius 1 is 1.48 bits per heavy atom. The first-order chi connectivity index (χ1) is 12.8. The molecule has 1 rings (SSSR count). The van der Waals surface area contributed by atoms with E-state index in [-0.39, 0.29) is 19.0 Å². The summed E-state index contributed by atoms with van der Waals surface area (Å²) >= 11 is -1.36. The fraction of sp³-hybridized carbons (Fsp3) is 0.647. The van der Waals surface area contributed by atoms with Crippen molar-refractivity contribution in [3.63, 3.8) is 0 Å². The van der Waals surface area contributed by atoms with Crippen LogP contribution in [0.5, 0.6) is 5.88 Å². The van der Waals surface area contributed by atoms with Crippen LogP contribution in [-0.2, 0) is 20.9 Å². The summed E-state index contributed by atoms with van der Waals surface area (Å²) in [5.74, 6) is 0.0470. The molecule has 0 aliphatic carbocycles. The van der Waals surface area contributed by atoms with Crippen LogP contribution in [0.3, 0.4) is 0 Å². The summed E-state index contributed by atoms with van der Waals surface area (Å²) in [5, 5.41) is 3.43. The second-order valence-electron chi connectivity index (χ2n) is 6.65. The van der Waals surface area contributed by atoms with Gasteiger partial charge in [0.1, 0.15) is 4.75 Å². The molecule has 0 saturated heterocycles. The van der Waals surface area contributed by atoms with Gasteiger partial charge in [-0.15, -0.1) is 4.72 Å². The van der Waals surface area contributed by atoms with E-state index < -0.39 is 22.2 Å². The summed E-state index contributed by atoms with van der Waals surface area (Å²) in [6.45, 7) is 8.32. The highest BCUT2D eigenvalue weighted by molar-refractivity contribution is 7.90. The number of pyridine rings is 1. The van der Waals surface area contributed by atoms with Crippen molar-refractivity contribution in [2.75, 3.05) is 19.8 Å². The molecule has 10 heteroatoms. The first-order valence-corrected chi connectivity index (χ1v) is 9.86. The smallest absolute Gasteiger partial charge is 0.307 e. The summed E-state index contributed by atoms with van der Waals surface area (Å²) in [4.78, 5) is 18.8. The lowest BCUT2D eigenvalue weighted by atomic mass is 10.1. The molecule has 150 valence electrons. The van der Waals surface area contributed by atoms with Crippen LogP contribution < -0.4 is 9.46 Å². The molecule has 0 fully saturated rings. The van der Waals surface area contributed by atoms with Gasteiger partial charge in [-0.25, -0.2) is 4.98 Å². The van der Waals surface area contributed by atoms with E-state index in [4.69, 9.17) is 15.0 Å². The third kappa shape index (κ3) is 8.96. The molecule has 1 heterocycles. The van der Waals surface area contributed by atoms with Crippen LogP contribution in [0.4, 0.5) is 0 Å². The first kappa shape index (κ1) is 23.0. The molecule has 0 amide bonds. The van der Waals surface area contributed by atoms with E-state index in [1.807, 2.05) is 20.8 Å². The number of esters is 1. The monoisotopic (exact) mass is 397 g/mol. The molecule has 2 atom stereocenters. The first-order valence-electron chi connectivity index (χ1n) is 8.71. The van der Waals surface area contributed by atoms with Gasteiger partial charge >= 0.3 is 5.97 Å². The van der Waals surface area contributed by atoms with Gasteiger partial charge in [-0.05, 0) is 45.2 Å². The molecule has 1 aromatic rings. The van der Waals surface area contributed by atoms with E-state index >= 15 is 0 Å². The third-order valence-electron chi connectivity index (χ3n) is 3.36. The number of nitrogens with one attached hydrogen (secondary N) is 1. The van der Waals surface area contributed by atoms with Crippen molar-refractivity contribution in [2.45, 2.75) is 51.3 Å². The van der Waals surface area contributed by atoms with Crippen molar-refractivity contribution in [1.29, 1.82) is 0 Å². The summed E-state index contributed by atoms with van der Waals surface area (Å²) in [5.41, 5.74) is 8.93. The normalized spacial score (nSPS) is 13.4. The Labute approximate surface area is 162 Å². The molecular weight excluding hydrogens is 370 g/mol. The van der Waals surface area contributed by atoms with Crippen molar-refractivity contribution in [2.24, 2.45) is 5.11 Å². The fourth-order valence-electron chi connectivity index (χ4n) is 1.96. The summed E-state index contributed by atoms with van der Waals surface area (Å²) in [6.07, 6.45) is 2.22. The molecule has 0 aliphatic rings. The molecule has 0 aliphatic heterocycles. The number of hydrogen-bond acceptors (Lipinski definition) is 7. The number of rotatable bonds is 11. The Morgan fingerprint density at radius 2 is 2.22 bits per heavy atom. The zero-order valence-corrected chi connectivity index (χ0v) is 17.0. The van der Waals surface area contributed by atoms with E-state index in [1.54, 1.807) is 25.3 Å². The minimum absolute atomic E-state index is 0.0453. The van der Waals surface area contributed by atoms with Crippen LogP contribution >= 0.6 is 0 Å². The molecule has 0 spiro atoms. The number of ether oxygens (including phenoxy) is 2. The van der Waals surface area contributed by atoms with Gasteiger partial charge < -0.3 is 14.0 Å². The minimum atomic E-state index is -1.36. The quantitative estimate of drug-likeness (QED) is 0.152. The summed E-state index contributed by atoms with van der Waals surface area (Å²) in [7, 11) is 0. The number of nitrogens with zero attached hydrogens (tertiary/aromatic N) is 4. The fourth-order valence-corrected chi connectivity index (χ4v) is 2.79. The molecule has 0 aromatic carbocycles. The maximum absolute atomic E-state index is 12.5. The molecule has 1 aromatic heterocycles. The topological polar surface area (TPSA) is 132 Å². The Balaban J connectivity index is 2.78. The molecule has 1 N–H and O–H groups in total. The van der Waals surface area contributed by atoms with E-state index in [2.05, 4.69) is 19.7 Å². The lowest BCUT2D eigenvalue weighted by Gasteiger charge is -2.27. The molecule has 0 unspecified atom stereocenters. The highest BCUT2D eigenvalue weighted by Gasteiger charge is 2.31. The van der Waals surface area contributed by atoms with Gasteiger partial charge in [-0.3, -0.25) is 4.79 Å². The third-order valence-corrected chi connectivity index (χ3v) is 4.97. The summed E-state index contributed by atoms with van der Waals surface area (Å²) in [6, 6.07) is 2.96. The molecule has 0 bridgehead atoms. The Hall–Kier alpha value is -2.00. The maximum Gasteiger partial charge on any atom is 0.307 e. The second-order valence-corrected chi connectivity index (χ2v) is 8.64. The molecule has 0 saturated carbocycles. The Kier molecular flexibility index (Phi) is 9.95. The maximum atomic E-state index is 12.5. The van der Waals surface area contributed by atoms with Crippen LogP contribution in [0.2, 0.25) is 0 Å². The van der Waals surface area contributed by atoms with Gasteiger partial charge in [-0.2, -0.15) is 0 Å². The van der Waals surface area contributed by atoms with Crippen LogP contribution in [0.25, 0.3) is 10.4 Å². The van der Waals surface area contributed by atoms with Crippen molar-refractivity contribution in [3.8, 4) is 5.88 Å². The van der Waals surface area contributed by atoms with E-state index in [9.17, 15) is 9.35 Å². The van der Waals surface area contributed by atoms with Crippen molar-refractivity contribution < 1.29 is 18.8 Å². The molecule has 9 nitrogen and oxygen atoms in total. The van der Waals surface area contributed by atoms with Gasteiger partial charge in [0.15, 0.2) is 0 Å². The van der Waals surface area contributed by atoms with Gasteiger partial charge in [0.05, 0.1) is 25.7 Å². The van der Waals surface area contributed by atoms with Crippen molar-refractivity contribution in [3.05, 3.63) is 34.3 Å². The molecule has 27 heavy (non-hydrogen) atoms. The SMILES string of the molecule is CCOC(=O)C[C@H](N[S@+]([O-])C(C)(C)C)c1ccc(OCCCN=[N+]=[N-])nc1. The van der Waals surface area contributed by atoms with Gasteiger partial charge in [-0.1, -0.05) is 11.2 Å². The lowest BCUT2D eigenvalue weighted by molar-refractivity contribution is -0.143. The van der Waals surface area contributed by atoms with E-state index in [0.29, 0.717) is 31.0 Å². The van der Waals surface area contributed by atoms with Crippen molar-refractivity contribution >= 4 is 17.3 Å². The lowest BCUT2D eigenvalue weighted by Crippen LogP contribution is -2.42. The number of carbonyl (C=O) groups is 1. The van der Waals surface area contributed by atoms with Crippen LogP contribution in [0.15, 0.2) is 23.4 Å². The minimum Gasteiger partial charge on any atom is -0.598 e. The largest absolute Gasteiger partial charge is 0.598 e. The average molecular weight is 398 g/mol. The van der Waals surface area contributed by atoms with Crippen LogP contribution in [0, 0.1) is 0 Å². The predicted molar refractivity (Wildman–Crippen MR) is 103 cm³/mol. The number of carbonyl (C=O) groups excluding carboxylic acids is 1.